The monoisotopic (exact) mass is 443 g/mol. The Labute approximate surface area is 172 Å². The van der Waals surface area contributed by atoms with Gasteiger partial charge in [0.1, 0.15) is 5.75 Å². The number of halogens is 1. The maximum Gasteiger partial charge on any atom is 0.277 e. The van der Waals surface area contributed by atoms with E-state index in [2.05, 4.69) is 25.7 Å². The van der Waals surface area contributed by atoms with Crippen molar-refractivity contribution in [3.63, 3.8) is 0 Å². The summed E-state index contributed by atoms with van der Waals surface area (Å²) < 4.78 is 11.8. The van der Waals surface area contributed by atoms with Gasteiger partial charge in [0.25, 0.3) is 11.1 Å². The molecule has 0 aliphatic rings. The van der Waals surface area contributed by atoms with Gasteiger partial charge in [-0.15, -0.1) is 20.4 Å². The molecule has 1 N–H and O–H groups in total. The van der Waals surface area contributed by atoms with Crippen LogP contribution in [0.4, 0.5) is 5.13 Å². The van der Waals surface area contributed by atoms with Gasteiger partial charge in [-0.05, 0) is 30.0 Å². The van der Waals surface area contributed by atoms with Gasteiger partial charge < -0.3 is 9.15 Å². The van der Waals surface area contributed by atoms with Crippen molar-refractivity contribution < 1.29 is 13.9 Å². The summed E-state index contributed by atoms with van der Waals surface area (Å²) in [4.78, 5) is 12.0. The van der Waals surface area contributed by atoms with Crippen LogP contribution in [0.5, 0.6) is 5.75 Å². The second-order valence-electron chi connectivity index (χ2n) is 4.85. The van der Waals surface area contributed by atoms with E-state index in [9.17, 15) is 4.79 Å². The fourth-order valence-electron chi connectivity index (χ4n) is 1.76. The normalized spacial score (nSPS) is 10.7. The van der Waals surface area contributed by atoms with Crippen molar-refractivity contribution in [1.82, 2.24) is 20.4 Å². The van der Waals surface area contributed by atoms with E-state index in [1.54, 1.807) is 36.0 Å². The van der Waals surface area contributed by atoms with Gasteiger partial charge in [-0.3, -0.25) is 10.1 Å². The number of carbonyl (C=O) groups is 1. The maximum atomic E-state index is 12.0. The van der Waals surface area contributed by atoms with Crippen LogP contribution in [0.2, 0.25) is 5.02 Å². The minimum Gasteiger partial charge on any atom is -0.484 e. The molecular formula is C15H14ClN5O3S3. The van der Waals surface area contributed by atoms with Gasteiger partial charge in [0, 0.05) is 5.02 Å². The van der Waals surface area contributed by atoms with Gasteiger partial charge in [0.05, 0.1) is 5.75 Å². The van der Waals surface area contributed by atoms with Crippen LogP contribution < -0.4 is 10.1 Å². The number of amides is 1. The highest BCUT2D eigenvalue weighted by Gasteiger charge is 2.12. The van der Waals surface area contributed by atoms with Crippen molar-refractivity contribution in [3.8, 4) is 5.75 Å². The molecule has 3 rings (SSSR count). The molecule has 12 heteroatoms. The molecule has 2 heterocycles. The molecule has 0 saturated carbocycles. The SMILES string of the molecule is CCSc1nnc(NC(=O)CSc2nnc(COc3ccc(Cl)cc3)o2)s1. The lowest BCUT2D eigenvalue weighted by molar-refractivity contribution is -0.113. The fourth-order valence-corrected chi connectivity index (χ4v) is 4.13. The van der Waals surface area contributed by atoms with Crippen LogP contribution in [-0.4, -0.2) is 37.8 Å². The third-order valence-corrected chi connectivity index (χ3v) is 5.80. The molecule has 2 aromatic heterocycles. The Morgan fingerprint density at radius 1 is 1.22 bits per heavy atom. The molecule has 0 radical (unpaired) electrons. The number of anilines is 1. The first kappa shape index (κ1) is 19.9. The van der Waals surface area contributed by atoms with E-state index in [4.69, 9.17) is 20.8 Å². The average molecular weight is 444 g/mol. The highest BCUT2D eigenvalue weighted by Crippen LogP contribution is 2.25. The summed E-state index contributed by atoms with van der Waals surface area (Å²) in [7, 11) is 0. The van der Waals surface area contributed by atoms with Gasteiger partial charge in [-0.1, -0.05) is 53.4 Å². The second kappa shape index (κ2) is 9.93. The number of carbonyl (C=O) groups excluding carboxylic acids is 1. The third-order valence-electron chi connectivity index (χ3n) is 2.87. The lowest BCUT2D eigenvalue weighted by Crippen LogP contribution is -2.13. The zero-order valence-electron chi connectivity index (χ0n) is 14.0. The molecule has 0 spiro atoms. The first-order chi connectivity index (χ1) is 13.1. The van der Waals surface area contributed by atoms with Gasteiger partial charge in [0.2, 0.25) is 11.0 Å². The number of hydrogen-bond donors (Lipinski definition) is 1. The zero-order chi connectivity index (χ0) is 19.1. The molecule has 0 fully saturated rings. The van der Waals surface area contributed by atoms with E-state index in [1.807, 2.05) is 6.92 Å². The van der Waals surface area contributed by atoms with Gasteiger partial charge in [-0.25, -0.2) is 0 Å². The second-order valence-corrected chi connectivity index (χ2v) is 8.70. The summed E-state index contributed by atoms with van der Waals surface area (Å²) in [6, 6.07) is 6.95. The molecule has 0 aliphatic heterocycles. The topological polar surface area (TPSA) is 103 Å². The first-order valence-corrected chi connectivity index (χ1v) is 10.9. The van der Waals surface area contributed by atoms with E-state index < -0.39 is 0 Å². The Bertz CT molecular complexity index is 887. The quantitative estimate of drug-likeness (QED) is 0.388. The minimum absolute atomic E-state index is 0.121. The summed E-state index contributed by atoms with van der Waals surface area (Å²) in [5.74, 6) is 1.76. The lowest BCUT2D eigenvalue weighted by atomic mass is 10.3. The number of thioether (sulfide) groups is 2. The number of ether oxygens (including phenoxy) is 1. The summed E-state index contributed by atoms with van der Waals surface area (Å²) in [5, 5.41) is 19.8. The summed E-state index contributed by atoms with van der Waals surface area (Å²) in [6.07, 6.45) is 0. The number of hydrogen-bond acceptors (Lipinski definition) is 10. The summed E-state index contributed by atoms with van der Waals surface area (Å²) >= 11 is 9.87. The minimum atomic E-state index is -0.221. The summed E-state index contributed by atoms with van der Waals surface area (Å²) in [5.41, 5.74) is 0. The molecule has 27 heavy (non-hydrogen) atoms. The lowest BCUT2D eigenvalue weighted by Gasteiger charge is -2.02. The Morgan fingerprint density at radius 3 is 2.81 bits per heavy atom. The Morgan fingerprint density at radius 2 is 2.04 bits per heavy atom. The van der Waals surface area contributed by atoms with Crippen LogP contribution in [0, 0.1) is 0 Å². The van der Waals surface area contributed by atoms with Crippen LogP contribution in [0.25, 0.3) is 0 Å². The van der Waals surface area contributed by atoms with E-state index in [0.717, 1.165) is 21.9 Å². The van der Waals surface area contributed by atoms with Crippen molar-refractivity contribution >= 4 is 57.5 Å². The molecule has 3 aromatic rings. The van der Waals surface area contributed by atoms with Crippen LogP contribution in [0.1, 0.15) is 12.8 Å². The van der Waals surface area contributed by atoms with Crippen LogP contribution in [-0.2, 0) is 11.4 Å². The van der Waals surface area contributed by atoms with E-state index in [-0.39, 0.29) is 18.3 Å². The smallest absolute Gasteiger partial charge is 0.277 e. The predicted octanol–water partition coefficient (Wildman–Crippen LogP) is 4.00. The van der Waals surface area contributed by atoms with Crippen molar-refractivity contribution in [1.29, 1.82) is 0 Å². The van der Waals surface area contributed by atoms with Gasteiger partial charge in [0.15, 0.2) is 10.9 Å². The van der Waals surface area contributed by atoms with Crippen molar-refractivity contribution in [2.75, 3.05) is 16.8 Å². The third kappa shape index (κ3) is 6.38. The molecule has 0 atom stereocenters. The molecule has 8 nitrogen and oxygen atoms in total. The predicted molar refractivity (Wildman–Crippen MR) is 106 cm³/mol. The van der Waals surface area contributed by atoms with Crippen molar-refractivity contribution in [3.05, 3.63) is 35.2 Å². The van der Waals surface area contributed by atoms with Gasteiger partial charge >= 0.3 is 0 Å². The average Bonchev–Trinajstić information content (AvgIpc) is 3.29. The molecule has 0 aliphatic carbocycles. The molecule has 1 aromatic carbocycles. The first-order valence-electron chi connectivity index (χ1n) is 7.72. The molecule has 0 unspecified atom stereocenters. The molecule has 0 saturated heterocycles. The number of nitrogens with one attached hydrogen (secondary N) is 1. The Kier molecular flexibility index (Phi) is 7.33. The van der Waals surface area contributed by atoms with Crippen LogP contribution in [0.15, 0.2) is 38.2 Å². The van der Waals surface area contributed by atoms with Crippen molar-refractivity contribution in [2.45, 2.75) is 23.1 Å². The molecule has 1 amide bonds. The number of benzene rings is 1. The highest BCUT2D eigenvalue weighted by molar-refractivity contribution is 8.01. The van der Waals surface area contributed by atoms with Crippen LogP contribution >= 0.6 is 46.5 Å². The van der Waals surface area contributed by atoms with Gasteiger partial charge in [-0.2, -0.15) is 0 Å². The molecule has 142 valence electrons. The Hall–Kier alpha value is -1.82. The maximum absolute atomic E-state index is 12.0. The number of nitrogens with zero attached hydrogens (tertiary/aromatic N) is 4. The highest BCUT2D eigenvalue weighted by atomic mass is 35.5. The van der Waals surface area contributed by atoms with Crippen LogP contribution in [0.3, 0.4) is 0 Å². The van der Waals surface area contributed by atoms with E-state index in [0.29, 0.717) is 27.0 Å². The Balaban J connectivity index is 1.43. The fraction of sp³-hybridized carbons (Fsp3) is 0.267. The summed E-state index contributed by atoms with van der Waals surface area (Å²) in [6.45, 7) is 2.16. The largest absolute Gasteiger partial charge is 0.484 e. The molecule has 0 bridgehead atoms. The van der Waals surface area contributed by atoms with E-state index in [1.165, 1.54) is 11.3 Å². The van der Waals surface area contributed by atoms with Crippen molar-refractivity contribution in [2.24, 2.45) is 0 Å². The number of rotatable bonds is 9. The molecular weight excluding hydrogens is 430 g/mol. The zero-order valence-corrected chi connectivity index (χ0v) is 17.3. The van der Waals surface area contributed by atoms with E-state index >= 15 is 0 Å². The number of aromatic nitrogens is 4. The standard InChI is InChI=1S/C15H14ClN5O3S3/c1-2-25-15-21-19-13(27-15)17-11(22)8-26-14-20-18-12(24-14)7-23-10-5-3-9(16)4-6-10/h3-6H,2,7-8H2,1H3,(H,17,19,22).